The van der Waals surface area contributed by atoms with Crippen molar-refractivity contribution >= 4 is 11.4 Å². The zero-order valence-corrected chi connectivity index (χ0v) is 9.55. The van der Waals surface area contributed by atoms with Crippen molar-refractivity contribution in [1.82, 2.24) is 0 Å². The number of benzene rings is 1. The van der Waals surface area contributed by atoms with E-state index in [-0.39, 0.29) is 5.54 Å². The van der Waals surface area contributed by atoms with E-state index in [9.17, 15) is 0 Å². The van der Waals surface area contributed by atoms with Crippen molar-refractivity contribution in [2.45, 2.75) is 25.8 Å². The fourth-order valence-corrected chi connectivity index (χ4v) is 1.91. The molecule has 1 aromatic rings. The first-order valence-corrected chi connectivity index (χ1v) is 5.31. The maximum absolute atomic E-state index is 5.33. The van der Waals surface area contributed by atoms with Gasteiger partial charge in [0.25, 0.3) is 0 Å². The molecule has 15 heavy (non-hydrogen) atoms. The molecule has 1 aliphatic heterocycles. The van der Waals surface area contributed by atoms with Crippen LogP contribution in [-0.4, -0.2) is 19.2 Å². The monoisotopic (exact) mass is 206 g/mol. The first-order valence-electron chi connectivity index (χ1n) is 5.31. The quantitative estimate of drug-likeness (QED) is 0.741. The third-order valence-corrected chi connectivity index (χ3v) is 2.77. The number of hydrogen-bond donors (Lipinski definition) is 2. The van der Waals surface area contributed by atoms with Crippen LogP contribution in [0.1, 0.15) is 20.3 Å². The third-order valence-electron chi connectivity index (χ3n) is 2.77. The molecule has 3 heteroatoms. The molecule has 2 N–H and O–H groups in total. The zero-order valence-electron chi connectivity index (χ0n) is 9.55. The third kappa shape index (κ3) is 2.01. The average molecular weight is 206 g/mol. The van der Waals surface area contributed by atoms with E-state index < -0.39 is 0 Å². The second kappa shape index (κ2) is 3.65. The Balaban J connectivity index is 2.41. The Bertz CT molecular complexity index is 361. The van der Waals surface area contributed by atoms with Crippen molar-refractivity contribution in [3.8, 4) is 5.75 Å². The SMILES string of the molecule is COc1cccc2c1NCCC(C)(C)N2. The number of para-hydroxylation sites is 1. The van der Waals surface area contributed by atoms with E-state index in [1.54, 1.807) is 7.11 Å². The molecule has 2 rings (SSSR count). The van der Waals surface area contributed by atoms with E-state index in [2.05, 4.69) is 30.5 Å². The van der Waals surface area contributed by atoms with E-state index >= 15 is 0 Å². The minimum absolute atomic E-state index is 0.130. The standard InChI is InChI=1S/C12H18N2O/c1-12(2)7-8-13-11-9(14-12)5-4-6-10(11)15-3/h4-6,13-14H,7-8H2,1-3H3. The first-order chi connectivity index (χ1) is 7.12. The summed E-state index contributed by atoms with van der Waals surface area (Å²) < 4.78 is 5.33. The Kier molecular flexibility index (Phi) is 2.47. The van der Waals surface area contributed by atoms with E-state index in [1.807, 2.05) is 12.1 Å². The molecule has 0 bridgehead atoms. The molecule has 0 spiro atoms. The van der Waals surface area contributed by atoms with Crippen LogP contribution >= 0.6 is 0 Å². The van der Waals surface area contributed by atoms with E-state index in [4.69, 9.17) is 4.74 Å². The molecule has 0 unspecified atom stereocenters. The van der Waals surface area contributed by atoms with Crippen LogP contribution in [0.3, 0.4) is 0 Å². The van der Waals surface area contributed by atoms with E-state index in [0.29, 0.717) is 0 Å². The Hall–Kier alpha value is -1.38. The fourth-order valence-electron chi connectivity index (χ4n) is 1.91. The van der Waals surface area contributed by atoms with Crippen LogP contribution in [0.15, 0.2) is 18.2 Å². The Morgan fingerprint density at radius 1 is 1.33 bits per heavy atom. The molecular formula is C12H18N2O. The Morgan fingerprint density at radius 2 is 2.13 bits per heavy atom. The van der Waals surface area contributed by atoms with Gasteiger partial charge in [0.1, 0.15) is 11.4 Å². The maximum Gasteiger partial charge on any atom is 0.144 e. The molecule has 0 fully saturated rings. The van der Waals surface area contributed by atoms with Gasteiger partial charge in [0, 0.05) is 12.1 Å². The van der Waals surface area contributed by atoms with Gasteiger partial charge in [0.15, 0.2) is 0 Å². The van der Waals surface area contributed by atoms with Gasteiger partial charge in [-0.1, -0.05) is 6.07 Å². The zero-order chi connectivity index (χ0) is 10.9. The molecule has 1 aliphatic rings. The Morgan fingerprint density at radius 3 is 2.87 bits per heavy atom. The summed E-state index contributed by atoms with van der Waals surface area (Å²) in [5.74, 6) is 0.901. The number of hydrogen-bond acceptors (Lipinski definition) is 3. The molecule has 0 saturated carbocycles. The summed E-state index contributed by atoms with van der Waals surface area (Å²) >= 11 is 0. The van der Waals surface area contributed by atoms with Gasteiger partial charge in [-0.2, -0.15) is 0 Å². The number of nitrogens with one attached hydrogen (secondary N) is 2. The molecule has 0 amide bonds. The smallest absolute Gasteiger partial charge is 0.144 e. The highest BCUT2D eigenvalue weighted by molar-refractivity contribution is 5.76. The van der Waals surface area contributed by atoms with Crippen LogP contribution in [-0.2, 0) is 0 Å². The first kappa shape index (κ1) is 10.1. The Labute approximate surface area is 90.8 Å². The van der Waals surface area contributed by atoms with Crippen molar-refractivity contribution in [2.75, 3.05) is 24.3 Å². The highest BCUT2D eigenvalue weighted by Crippen LogP contribution is 2.36. The van der Waals surface area contributed by atoms with Gasteiger partial charge in [-0.15, -0.1) is 0 Å². The van der Waals surface area contributed by atoms with Gasteiger partial charge in [0.2, 0.25) is 0 Å². The van der Waals surface area contributed by atoms with Crippen LogP contribution in [0.25, 0.3) is 0 Å². The van der Waals surface area contributed by atoms with Crippen LogP contribution in [0.5, 0.6) is 5.75 Å². The lowest BCUT2D eigenvalue weighted by molar-refractivity contribution is 0.416. The van der Waals surface area contributed by atoms with Crippen LogP contribution in [0.2, 0.25) is 0 Å². The van der Waals surface area contributed by atoms with Crippen molar-refractivity contribution in [3.05, 3.63) is 18.2 Å². The molecule has 1 aromatic carbocycles. The predicted octanol–water partition coefficient (Wildman–Crippen LogP) is 2.70. The average Bonchev–Trinajstić information content (AvgIpc) is 2.33. The van der Waals surface area contributed by atoms with Gasteiger partial charge in [-0.05, 0) is 32.4 Å². The maximum atomic E-state index is 5.33. The van der Waals surface area contributed by atoms with E-state index in [0.717, 1.165) is 30.1 Å². The number of ether oxygens (including phenoxy) is 1. The van der Waals surface area contributed by atoms with Gasteiger partial charge >= 0.3 is 0 Å². The van der Waals surface area contributed by atoms with Crippen molar-refractivity contribution in [1.29, 1.82) is 0 Å². The lowest BCUT2D eigenvalue weighted by atomic mass is 10.0. The van der Waals surface area contributed by atoms with Crippen molar-refractivity contribution in [2.24, 2.45) is 0 Å². The topological polar surface area (TPSA) is 33.3 Å². The lowest BCUT2D eigenvalue weighted by Crippen LogP contribution is -2.30. The summed E-state index contributed by atoms with van der Waals surface area (Å²) in [7, 11) is 1.70. The highest BCUT2D eigenvalue weighted by Gasteiger charge is 2.23. The molecule has 82 valence electrons. The molecule has 3 nitrogen and oxygen atoms in total. The van der Waals surface area contributed by atoms with Crippen LogP contribution in [0, 0.1) is 0 Å². The van der Waals surface area contributed by atoms with E-state index in [1.165, 1.54) is 0 Å². The summed E-state index contributed by atoms with van der Waals surface area (Å²) in [6.45, 7) is 5.39. The van der Waals surface area contributed by atoms with Crippen LogP contribution < -0.4 is 15.4 Å². The largest absolute Gasteiger partial charge is 0.495 e. The highest BCUT2D eigenvalue weighted by atomic mass is 16.5. The summed E-state index contributed by atoms with van der Waals surface area (Å²) in [6, 6.07) is 6.07. The minimum atomic E-state index is 0.130. The summed E-state index contributed by atoms with van der Waals surface area (Å²) in [4.78, 5) is 0. The molecule has 1 heterocycles. The normalized spacial score (nSPS) is 18.1. The number of fused-ring (bicyclic) bond motifs is 1. The summed E-state index contributed by atoms with van der Waals surface area (Å²) in [5, 5.41) is 6.94. The number of rotatable bonds is 1. The van der Waals surface area contributed by atoms with Gasteiger partial charge < -0.3 is 15.4 Å². The summed E-state index contributed by atoms with van der Waals surface area (Å²) in [6.07, 6.45) is 1.09. The molecule has 0 aliphatic carbocycles. The fraction of sp³-hybridized carbons (Fsp3) is 0.500. The van der Waals surface area contributed by atoms with Gasteiger partial charge in [-0.3, -0.25) is 0 Å². The number of anilines is 2. The lowest BCUT2D eigenvalue weighted by Gasteiger charge is -2.25. The van der Waals surface area contributed by atoms with Gasteiger partial charge in [0.05, 0.1) is 12.8 Å². The number of methoxy groups -OCH3 is 1. The second-order valence-electron chi connectivity index (χ2n) is 4.57. The predicted molar refractivity (Wildman–Crippen MR) is 63.8 cm³/mol. The minimum Gasteiger partial charge on any atom is -0.495 e. The molecule has 0 aromatic heterocycles. The molecule has 0 saturated heterocycles. The molecular weight excluding hydrogens is 188 g/mol. The van der Waals surface area contributed by atoms with Crippen molar-refractivity contribution in [3.63, 3.8) is 0 Å². The van der Waals surface area contributed by atoms with Crippen LogP contribution in [0.4, 0.5) is 11.4 Å². The molecule has 0 atom stereocenters. The second-order valence-corrected chi connectivity index (χ2v) is 4.57. The molecule has 0 radical (unpaired) electrons. The van der Waals surface area contributed by atoms with Crippen molar-refractivity contribution < 1.29 is 4.74 Å². The van der Waals surface area contributed by atoms with Gasteiger partial charge in [-0.25, -0.2) is 0 Å². The summed E-state index contributed by atoms with van der Waals surface area (Å²) in [5.41, 5.74) is 2.33.